The van der Waals surface area contributed by atoms with Crippen molar-refractivity contribution < 1.29 is 4.79 Å². The van der Waals surface area contributed by atoms with E-state index in [4.69, 9.17) is 23.2 Å². The first kappa shape index (κ1) is 18.5. The Morgan fingerprint density at radius 1 is 1.32 bits per heavy atom. The summed E-state index contributed by atoms with van der Waals surface area (Å²) in [7, 11) is 0. The molecule has 1 aliphatic carbocycles. The summed E-state index contributed by atoms with van der Waals surface area (Å²) >= 11 is 12.3. The van der Waals surface area contributed by atoms with Crippen LogP contribution in [-0.2, 0) is 12.8 Å². The van der Waals surface area contributed by atoms with Crippen LogP contribution in [0.25, 0.3) is 5.69 Å². The lowest BCUT2D eigenvalue weighted by Gasteiger charge is -2.26. The second-order valence-corrected chi connectivity index (χ2v) is 7.21. The minimum Gasteiger partial charge on any atom is -0.350 e. The Kier molecular flexibility index (Phi) is 5.58. The van der Waals surface area contributed by atoms with Crippen LogP contribution in [0.3, 0.4) is 0 Å². The van der Waals surface area contributed by atoms with Crippen LogP contribution in [0.5, 0.6) is 0 Å². The van der Waals surface area contributed by atoms with Crippen LogP contribution >= 0.6 is 35.6 Å². The molecule has 0 spiro atoms. The molecule has 4 rings (SSSR count). The van der Waals surface area contributed by atoms with E-state index in [1.165, 1.54) is 0 Å². The maximum Gasteiger partial charge on any atom is 0.272 e. The molecule has 0 saturated carbocycles. The molecule has 134 valence electrons. The van der Waals surface area contributed by atoms with Crippen molar-refractivity contribution in [2.75, 3.05) is 19.6 Å². The second-order valence-electron chi connectivity index (χ2n) is 6.37. The number of fused-ring (bicyclic) bond motifs is 1. The van der Waals surface area contributed by atoms with E-state index in [-0.39, 0.29) is 18.3 Å². The summed E-state index contributed by atoms with van der Waals surface area (Å²) in [5.41, 5.74) is 3.42. The maximum atomic E-state index is 12.6. The Hall–Kier alpha value is -1.27. The van der Waals surface area contributed by atoms with Crippen molar-refractivity contribution in [3.8, 4) is 5.69 Å². The minimum absolute atomic E-state index is 0. The maximum absolute atomic E-state index is 12.6. The number of benzene rings is 1. The van der Waals surface area contributed by atoms with E-state index in [0.717, 1.165) is 49.3 Å². The van der Waals surface area contributed by atoms with Crippen molar-refractivity contribution in [2.24, 2.45) is 5.92 Å². The lowest BCUT2D eigenvalue weighted by molar-refractivity contribution is 0.0936. The number of hydrogen-bond acceptors (Lipinski definition) is 3. The Balaban J connectivity index is 0.00000182. The highest BCUT2D eigenvalue weighted by molar-refractivity contribution is 6.35. The third-order valence-electron chi connectivity index (χ3n) is 4.70. The van der Waals surface area contributed by atoms with E-state index in [2.05, 4.69) is 15.7 Å². The van der Waals surface area contributed by atoms with Crippen molar-refractivity contribution in [3.05, 3.63) is 45.2 Å². The molecule has 1 aromatic carbocycles. The van der Waals surface area contributed by atoms with Crippen LogP contribution in [0, 0.1) is 5.92 Å². The number of nitrogens with zero attached hydrogens (tertiary/aromatic N) is 2. The smallest absolute Gasteiger partial charge is 0.272 e. The van der Waals surface area contributed by atoms with Gasteiger partial charge in [0.2, 0.25) is 0 Å². The van der Waals surface area contributed by atoms with Gasteiger partial charge in [-0.2, -0.15) is 5.10 Å². The Morgan fingerprint density at radius 3 is 2.80 bits per heavy atom. The minimum atomic E-state index is -0.0936. The molecule has 1 fully saturated rings. The number of hydrogen-bond donors (Lipinski definition) is 2. The number of halogens is 3. The first-order valence-corrected chi connectivity index (χ1v) is 8.94. The van der Waals surface area contributed by atoms with E-state index in [1.807, 2.05) is 6.07 Å². The second kappa shape index (κ2) is 7.54. The zero-order valence-corrected chi connectivity index (χ0v) is 15.8. The van der Waals surface area contributed by atoms with Gasteiger partial charge in [-0.1, -0.05) is 23.2 Å². The van der Waals surface area contributed by atoms with Crippen molar-refractivity contribution in [1.82, 2.24) is 20.4 Å². The average molecular weight is 402 g/mol. The molecule has 1 aliphatic heterocycles. The molecule has 0 radical (unpaired) electrons. The van der Waals surface area contributed by atoms with Gasteiger partial charge < -0.3 is 10.6 Å². The van der Waals surface area contributed by atoms with E-state index < -0.39 is 0 Å². The molecule has 1 aromatic heterocycles. The molecule has 2 aromatic rings. The molecule has 5 nitrogen and oxygen atoms in total. The van der Waals surface area contributed by atoms with Gasteiger partial charge in [-0.15, -0.1) is 12.4 Å². The molecule has 25 heavy (non-hydrogen) atoms. The zero-order chi connectivity index (χ0) is 16.7. The number of aromatic nitrogens is 2. The SMILES string of the molecule is Cl.O=C(NCC1CNC1)c1nn(-c2ccc(Cl)cc2Cl)c2c1CCC2. The normalized spacial score (nSPS) is 16.1. The van der Waals surface area contributed by atoms with E-state index in [9.17, 15) is 4.79 Å². The molecule has 1 saturated heterocycles. The fraction of sp³-hybridized carbons (Fsp3) is 0.412. The molecule has 2 heterocycles. The van der Waals surface area contributed by atoms with Gasteiger partial charge >= 0.3 is 0 Å². The quantitative estimate of drug-likeness (QED) is 0.828. The van der Waals surface area contributed by atoms with Gasteiger partial charge in [0.1, 0.15) is 0 Å². The van der Waals surface area contributed by atoms with Crippen LogP contribution in [0.15, 0.2) is 18.2 Å². The summed E-state index contributed by atoms with van der Waals surface area (Å²) in [6, 6.07) is 5.33. The lowest BCUT2D eigenvalue weighted by Crippen LogP contribution is -2.48. The molecule has 2 aliphatic rings. The van der Waals surface area contributed by atoms with Crippen molar-refractivity contribution in [1.29, 1.82) is 0 Å². The highest BCUT2D eigenvalue weighted by atomic mass is 35.5. The molecule has 0 atom stereocenters. The van der Waals surface area contributed by atoms with Crippen LogP contribution in [0.4, 0.5) is 0 Å². The first-order valence-electron chi connectivity index (χ1n) is 8.18. The van der Waals surface area contributed by atoms with E-state index in [0.29, 0.717) is 28.2 Å². The highest BCUT2D eigenvalue weighted by Gasteiger charge is 2.28. The van der Waals surface area contributed by atoms with Gasteiger partial charge in [-0.25, -0.2) is 4.68 Å². The van der Waals surface area contributed by atoms with Gasteiger partial charge in [0, 0.05) is 41.8 Å². The Bertz CT molecular complexity index is 801. The first-order chi connectivity index (χ1) is 11.6. The number of rotatable bonds is 4. The van der Waals surface area contributed by atoms with Crippen molar-refractivity contribution in [2.45, 2.75) is 19.3 Å². The third-order valence-corrected chi connectivity index (χ3v) is 5.24. The number of amides is 1. The van der Waals surface area contributed by atoms with Crippen LogP contribution in [0.1, 0.15) is 28.2 Å². The fourth-order valence-electron chi connectivity index (χ4n) is 3.29. The molecule has 1 amide bonds. The monoisotopic (exact) mass is 400 g/mol. The summed E-state index contributed by atoms with van der Waals surface area (Å²) in [6.45, 7) is 2.62. The Labute approximate surface area is 162 Å². The number of nitrogens with one attached hydrogen (secondary N) is 2. The topological polar surface area (TPSA) is 59.0 Å². The molecule has 0 bridgehead atoms. The molecule has 8 heteroatoms. The fourth-order valence-corrected chi connectivity index (χ4v) is 3.77. The summed E-state index contributed by atoms with van der Waals surface area (Å²) in [5, 5.41) is 11.9. The van der Waals surface area contributed by atoms with Gasteiger partial charge in [0.05, 0.1) is 10.7 Å². The van der Waals surface area contributed by atoms with E-state index >= 15 is 0 Å². The number of carbonyl (C=O) groups excluding carboxylic acids is 1. The Morgan fingerprint density at radius 2 is 2.12 bits per heavy atom. The van der Waals surface area contributed by atoms with Crippen LogP contribution in [0.2, 0.25) is 10.0 Å². The van der Waals surface area contributed by atoms with Gasteiger partial charge in [-0.05, 0) is 37.5 Å². The predicted octanol–water partition coefficient (Wildman–Crippen LogP) is 3.04. The predicted molar refractivity (Wildman–Crippen MR) is 102 cm³/mol. The van der Waals surface area contributed by atoms with E-state index in [1.54, 1.807) is 16.8 Å². The highest BCUT2D eigenvalue weighted by Crippen LogP contribution is 2.31. The molecular weight excluding hydrogens is 383 g/mol. The molecular formula is C17H19Cl3N4O. The van der Waals surface area contributed by atoms with Crippen LogP contribution < -0.4 is 10.6 Å². The zero-order valence-electron chi connectivity index (χ0n) is 13.5. The van der Waals surface area contributed by atoms with Crippen molar-refractivity contribution >= 4 is 41.5 Å². The summed E-state index contributed by atoms with van der Waals surface area (Å²) in [5.74, 6) is 0.429. The third kappa shape index (κ3) is 3.51. The van der Waals surface area contributed by atoms with Gasteiger partial charge in [-0.3, -0.25) is 4.79 Å². The van der Waals surface area contributed by atoms with Gasteiger partial charge in [0.25, 0.3) is 5.91 Å². The summed E-state index contributed by atoms with van der Waals surface area (Å²) in [4.78, 5) is 12.6. The van der Waals surface area contributed by atoms with Crippen LogP contribution in [-0.4, -0.2) is 35.3 Å². The van der Waals surface area contributed by atoms with Gasteiger partial charge in [0.15, 0.2) is 5.69 Å². The standard InChI is InChI=1S/C17H18Cl2N4O.ClH/c18-11-4-5-15(13(19)6-11)23-14-3-1-2-12(14)16(22-23)17(24)21-9-10-7-20-8-10;/h4-6,10,20H,1-3,7-9H2,(H,21,24);1H. The lowest BCUT2D eigenvalue weighted by atomic mass is 10.0. The molecule has 0 unspecified atom stereocenters. The largest absolute Gasteiger partial charge is 0.350 e. The average Bonchev–Trinajstić information content (AvgIpc) is 3.08. The molecule has 2 N–H and O–H groups in total. The van der Waals surface area contributed by atoms with Crippen molar-refractivity contribution in [3.63, 3.8) is 0 Å². The summed E-state index contributed by atoms with van der Waals surface area (Å²) in [6.07, 6.45) is 2.82. The number of carbonyl (C=O) groups is 1. The summed E-state index contributed by atoms with van der Waals surface area (Å²) < 4.78 is 1.81.